The summed E-state index contributed by atoms with van der Waals surface area (Å²) in [4.78, 5) is 0. The van der Waals surface area contributed by atoms with Gasteiger partial charge in [0.25, 0.3) is 0 Å². The highest BCUT2D eigenvalue weighted by Crippen LogP contribution is 2.57. The van der Waals surface area contributed by atoms with E-state index in [1.807, 2.05) is 36.4 Å². The number of hydrogen-bond acceptors (Lipinski definition) is 0. The zero-order chi connectivity index (χ0) is 32.6. The Hall–Kier alpha value is -5.40. The summed E-state index contributed by atoms with van der Waals surface area (Å²) in [5, 5.41) is 2.19. The molecule has 9 rings (SSSR count). The molecule has 1 aromatic heterocycles. The molecule has 1 aliphatic rings. The van der Waals surface area contributed by atoms with Crippen LogP contribution in [0.3, 0.4) is 0 Å². The molecule has 0 unspecified atom stereocenters. The Bertz CT molecular complexity index is 2470. The lowest BCUT2D eigenvalue weighted by atomic mass is 9.64. The molecule has 0 fully saturated rings. The van der Waals surface area contributed by atoms with Crippen LogP contribution >= 0.6 is 0 Å². The molecule has 214 valence electrons. The quantitative estimate of drug-likeness (QED) is 0.220. The predicted molar refractivity (Wildman–Crippen MR) is 205 cm³/mol. The number of nitrogens with zero attached hydrogens (tertiary/aromatic N) is 1. The summed E-state index contributed by atoms with van der Waals surface area (Å²) in [5.74, 6) is 0. The van der Waals surface area contributed by atoms with Crippen LogP contribution in [0.15, 0.2) is 152 Å². The van der Waals surface area contributed by atoms with Gasteiger partial charge in [0.1, 0.15) is 31.4 Å². The summed E-state index contributed by atoms with van der Waals surface area (Å²) in [7, 11) is 27.7. The first-order valence-corrected chi connectivity index (χ1v) is 16.1. The molecule has 1 heterocycles. The number of fused-ring (bicyclic) bond motifs is 6. The second kappa shape index (κ2) is 10.8. The van der Waals surface area contributed by atoms with Crippen LogP contribution in [0.5, 0.6) is 0 Å². The van der Waals surface area contributed by atoms with Gasteiger partial charge in [0.15, 0.2) is 0 Å². The minimum Gasteiger partial charge on any atom is -0.310 e. The predicted octanol–water partition coefficient (Wildman–Crippen LogP) is 5.99. The van der Waals surface area contributed by atoms with Crippen LogP contribution in [0, 0.1) is 0 Å². The molecule has 8 radical (unpaired) electrons. The Morgan fingerprint density at radius 1 is 0.417 bits per heavy atom. The summed E-state index contributed by atoms with van der Waals surface area (Å²) in [6, 6.07) is 53.2. The first kappa shape index (κ1) is 28.8. The number of benzene rings is 7. The first-order valence-electron chi connectivity index (χ1n) is 16.1. The van der Waals surface area contributed by atoms with Crippen molar-refractivity contribution in [2.24, 2.45) is 0 Å². The third-order valence-corrected chi connectivity index (χ3v) is 10.2. The lowest BCUT2D eigenvalue weighted by molar-refractivity contribution is 0.769. The van der Waals surface area contributed by atoms with E-state index in [1.54, 1.807) is 0 Å². The van der Waals surface area contributed by atoms with E-state index in [9.17, 15) is 0 Å². The Balaban J connectivity index is 1.44. The minimum absolute atomic E-state index is 0.393. The highest BCUT2D eigenvalue weighted by atomic mass is 15.0. The Morgan fingerprint density at radius 3 is 1.60 bits per heavy atom. The fourth-order valence-electron chi connectivity index (χ4n) is 8.12. The van der Waals surface area contributed by atoms with Gasteiger partial charge in [0.2, 0.25) is 0 Å². The van der Waals surface area contributed by atoms with Crippen molar-refractivity contribution in [2.75, 3.05) is 0 Å². The smallest absolute Gasteiger partial charge is 0.115 e. The third kappa shape index (κ3) is 3.85. The van der Waals surface area contributed by atoms with E-state index in [-0.39, 0.29) is 0 Å². The average Bonchev–Trinajstić information content (AvgIpc) is 3.61. The largest absolute Gasteiger partial charge is 0.310 e. The SMILES string of the molecule is [B]c1c([B])c(-n2c3ccccc3c3cc4c(cc32)C(c2ccccc2)(c2ccccc2)c2ccccc2-4)c([B])c([B])c1-c1ccccc1. The molecule has 1 nitrogen and oxygen atoms in total. The molecule has 0 aliphatic heterocycles. The molecule has 8 aromatic rings. The Labute approximate surface area is 285 Å². The summed E-state index contributed by atoms with van der Waals surface area (Å²) < 4.78 is 2.15. The molecule has 1 aliphatic carbocycles. The van der Waals surface area contributed by atoms with Crippen molar-refractivity contribution in [1.29, 1.82) is 0 Å². The van der Waals surface area contributed by atoms with Gasteiger partial charge in [0.05, 0.1) is 16.4 Å². The van der Waals surface area contributed by atoms with Crippen LogP contribution in [0.25, 0.3) is 49.7 Å². The van der Waals surface area contributed by atoms with Crippen molar-refractivity contribution < 1.29 is 0 Å². The molecule has 7 aromatic carbocycles. The summed E-state index contributed by atoms with van der Waals surface area (Å²) >= 11 is 0. The second-order valence-electron chi connectivity index (χ2n) is 12.5. The van der Waals surface area contributed by atoms with Gasteiger partial charge in [-0.1, -0.05) is 155 Å². The summed E-state index contributed by atoms with van der Waals surface area (Å²) in [6.07, 6.45) is 0. The molecule has 0 saturated carbocycles. The van der Waals surface area contributed by atoms with E-state index in [4.69, 9.17) is 31.4 Å². The number of aromatic nitrogens is 1. The number of hydrogen-bond donors (Lipinski definition) is 0. The van der Waals surface area contributed by atoms with Gasteiger partial charge in [0, 0.05) is 16.5 Å². The van der Waals surface area contributed by atoms with Crippen LogP contribution in [-0.4, -0.2) is 36.0 Å². The third-order valence-electron chi connectivity index (χ3n) is 10.2. The van der Waals surface area contributed by atoms with E-state index in [0.717, 1.165) is 27.4 Å². The first-order chi connectivity index (χ1) is 23.5. The van der Waals surface area contributed by atoms with E-state index >= 15 is 0 Å². The zero-order valence-corrected chi connectivity index (χ0v) is 26.2. The molecule has 48 heavy (non-hydrogen) atoms. The zero-order valence-electron chi connectivity index (χ0n) is 26.2. The average molecular weight is 599 g/mol. The molecule has 0 amide bonds. The maximum absolute atomic E-state index is 7.00. The van der Waals surface area contributed by atoms with Crippen LogP contribution < -0.4 is 21.9 Å². The van der Waals surface area contributed by atoms with Crippen LogP contribution in [0.4, 0.5) is 0 Å². The summed E-state index contributed by atoms with van der Waals surface area (Å²) in [6.45, 7) is 0. The Kier molecular flexibility index (Phi) is 6.49. The molecule has 5 heteroatoms. The Morgan fingerprint density at radius 2 is 0.958 bits per heavy atom. The fourth-order valence-corrected chi connectivity index (χ4v) is 8.12. The molecule has 0 spiro atoms. The summed E-state index contributed by atoms with van der Waals surface area (Å²) in [5.41, 5.74) is 12.4. The standard InChI is InChI=1S/C43H25B4N/c44-38-37(26-14-4-1-5-15-26)39(45)41(47)42(40(38)46)48-35-23-13-11-21-30(35)32-24-31-29-20-10-12-22-33(29)43(34(31)25-36(32)48,27-16-6-2-7-17-27)28-18-8-3-9-19-28/h1-25H. The van der Waals surface area contributed by atoms with Gasteiger partial charge >= 0.3 is 0 Å². The molecular formula is C43H25B4N. The maximum Gasteiger partial charge on any atom is 0.115 e. The van der Waals surface area contributed by atoms with Gasteiger partial charge in [-0.3, -0.25) is 0 Å². The highest BCUT2D eigenvalue weighted by Gasteiger charge is 2.46. The lowest BCUT2D eigenvalue weighted by Crippen LogP contribution is -2.46. The van der Waals surface area contributed by atoms with E-state index in [2.05, 4.69) is 120 Å². The van der Waals surface area contributed by atoms with Crippen molar-refractivity contribution in [3.8, 4) is 27.9 Å². The van der Waals surface area contributed by atoms with E-state index < -0.39 is 5.41 Å². The van der Waals surface area contributed by atoms with Crippen molar-refractivity contribution in [3.05, 3.63) is 174 Å². The second-order valence-corrected chi connectivity index (χ2v) is 12.5. The van der Waals surface area contributed by atoms with E-state index in [1.165, 1.54) is 33.4 Å². The normalized spacial score (nSPS) is 13.1. The monoisotopic (exact) mass is 599 g/mol. The van der Waals surface area contributed by atoms with Crippen molar-refractivity contribution in [3.63, 3.8) is 0 Å². The van der Waals surface area contributed by atoms with Crippen molar-refractivity contribution >= 4 is 75.0 Å². The van der Waals surface area contributed by atoms with Crippen LogP contribution in [0.2, 0.25) is 0 Å². The number of para-hydroxylation sites is 1. The van der Waals surface area contributed by atoms with Gasteiger partial charge < -0.3 is 4.57 Å². The molecule has 0 atom stereocenters. The van der Waals surface area contributed by atoms with Gasteiger partial charge in [-0.2, -0.15) is 0 Å². The maximum atomic E-state index is 7.00. The fraction of sp³-hybridized carbons (Fsp3) is 0.0233. The molecular weight excluding hydrogens is 574 g/mol. The van der Waals surface area contributed by atoms with Gasteiger partial charge in [-0.25, -0.2) is 0 Å². The highest BCUT2D eigenvalue weighted by molar-refractivity contribution is 6.61. The number of rotatable bonds is 4. The topological polar surface area (TPSA) is 4.93 Å². The van der Waals surface area contributed by atoms with Gasteiger partial charge in [-0.05, 0) is 62.7 Å². The molecule has 0 N–H and O–H groups in total. The lowest BCUT2D eigenvalue weighted by Gasteiger charge is -2.34. The van der Waals surface area contributed by atoms with Crippen molar-refractivity contribution in [1.82, 2.24) is 4.57 Å². The molecule has 0 saturated heterocycles. The molecule has 0 bridgehead atoms. The van der Waals surface area contributed by atoms with Crippen LogP contribution in [0.1, 0.15) is 22.3 Å². The van der Waals surface area contributed by atoms with Crippen LogP contribution in [-0.2, 0) is 5.41 Å². The van der Waals surface area contributed by atoms with E-state index in [0.29, 0.717) is 33.1 Å². The van der Waals surface area contributed by atoms with Crippen molar-refractivity contribution in [2.45, 2.75) is 5.41 Å². The van der Waals surface area contributed by atoms with Gasteiger partial charge in [-0.15, -0.1) is 0 Å². The minimum atomic E-state index is -0.559.